The van der Waals surface area contributed by atoms with Crippen LogP contribution in [0.5, 0.6) is 11.5 Å². The highest BCUT2D eigenvalue weighted by Crippen LogP contribution is 2.56. The number of amides is 2. The van der Waals surface area contributed by atoms with Crippen molar-refractivity contribution in [2.75, 3.05) is 14.1 Å². The number of nitrogens with two attached hydrogens (primary N) is 2. The third-order valence-corrected chi connectivity index (χ3v) is 8.19. The number of hydrogen-bond acceptors (Lipinski definition) is 11. The van der Waals surface area contributed by atoms with Gasteiger partial charge in [-0.05, 0) is 51.2 Å². The monoisotopic (exact) mass is 581 g/mol. The molecule has 0 spiro atoms. The minimum Gasteiger partial charge on any atom is -0.510 e. The number of aromatic hydroxyl groups is 2. The molecule has 0 aromatic heterocycles. The van der Waals surface area contributed by atoms with Crippen molar-refractivity contribution in [3.8, 4) is 11.5 Å². The van der Waals surface area contributed by atoms with Crippen LogP contribution in [0.2, 0.25) is 0 Å². The van der Waals surface area contributed by atoms with E-state index in [9.17, 15) is 44.7 Å². The van der Waals surface area contributed by atoms with Gasteiger partial charge in [0.05, 0.1) is 22.8 Å². The number of nitrogens with zero attached hydrogens (tertiary/aromatic N) is 1. The maximum atomic E-state index is 13.3. The van der Waals surface area contributed by atoms with E-state index in [1.165, 1.54) is 56.3 Å². The lowest BCUT2D eigenvalue weighted by Crippen LogP contribution is -2.65. The number of para-hydroxylation sites is 1. The van der Waals surface area contributed by atoms with E-state index < -0.39 is 80.9 Å². The van der Waals surface area contributed by atoms with Crippen LogP contribution < -0.4 is 11.5 Å². The van der Waals surface area contributed by atoms with Gasteiger partial charge in [0.25, 0.3) is 11.8 Å². The van der Waals surface area contributed by atoms with Crippen molar-refractivity contribution in [3.63, 3.8) is 0 Å². The number of carbonyl (C=O) groups is 4. The molecule has 0 heterocycles. The van der Waals surface area contributed by atoms with Crippen molar-refractivity contribution in [1.82, 2.24) is 4.90 Å². The van der Waals surface area contributed by atoms with Crippen LogP contribution in [0.3, 0.4) is 0 Å². The predicted molar refractivity (Wildman–Crippen MR) is 146 cm³/mol. The summed E-state index contributed by atoms with van der Waals surface area (Å²) in [5.74, 6) is -8.58. The van der Waals surface area contributed by atoms with Crippen molar-refractivity contribution in [2.45, 2.75) is 30.6 Å². The molecule has 0 saturated heterocycles. The zero-order chi connectivity index (χ0) is 31.5. The van der Waals surface area contributed by atoms with Gasteiger partial charge in [-0.2, -0.15) is 0 Å². The van der Waals surface area contributed by atoms with Crippen LogP contribution in [0.4, 0.5) is 0 Å². The molecule has 0 bridgehead atoms. The van der Waals surface area contributed by atoms with Gasteiger partial charge in [-0.25, -0.2) is 0 Å². The normalized spacial score (nSPS) is 28.4. The lowest BCUT2D eigenvalue weighted by atomic mass is 9.55. The molecule has 5 atom stereocenters. The summed E-state index contributed by atoms with van der Waals surface area (Å²) in [6, 6.07) is 9.20. The van der Waals surface area contributed by atoms with E-state index in [2.05, 4.69) is 0 Å². The van der Waals surface area contributed by atoms with E-state index in [-0.39, 0.29) is 28.9 Å². The topological polar surface area (TPSA) is 245 Å². The summed E-state index contributed by atoms with van der Waals surface area (Å²) in [4.78, 5) is 50.3. The third kappa shape index (κ3) is 4.29. The Kier molecular flexibility index (Phi) is 7.40. The van der Waals surface area contributed by atoms with Gasteiger partial charge in [0, 0.05) is 17.4 Å². The molecule has 0 aliphatic heterocycles. The van der Waals surface area contributed by atoms with Crippen LogP contribution in [0, 0.1) is 11.8 Å². The Hall–Kier alpha value is -4.72. The van der Waals surface area contributed by atoms with Crippen LogP contribution in [-0.2, 0) is 15.2 Å². The highest BCUT2D eigenvalue weighted by Gasteiger charge is 2.65. The van der Waals surface area contributed by atoms with Crippen LogP contribution in [-0.4, -0.2) is 84.7 Å². The number of benzene rings is 2. The Labute approximate surface area is 239 Å². The number of carbonyl (C=O) groups excluding carboxylic acids is 4. The first kappa shape index (κ1) is 30.2. The van der Waals surface area contributed by atoms with Crippen LogP contribution in [0.25, 0.3) is 0 Å². The van der Waals surface area contributed by atoms with E-state index in [0.29, 0.717) is 0 Å². The zero-order valence-corrected chi connectivity index (χ0v) is 22.9. The molecular formula is C29H31N3O10. The highest BCUT2D eigenvalue weighted by atomic mass is 16.3. The fourth-order valence-electron chi connectivity index (χ4n) is 6.19. The molecule has 5 rings (SSSR count). The molecule has 42 heavy (non-hydrogen) atoms. The number of phenolic OH excluding ortho intramolecular Hbond substituents is 1. The van der Waals surface area contributed by atoms with Crippen LogP contribution >= 0.6 is 0 Å². The summed E-state index contributed by atoms with van der Waals surface area (Å²) in [5, 5.41) is 64.0. The Morgan fingerprint density at radius 2 is 1.50 bits per heavy atom. The number of rotatable bonds is 3. The maximum Gasteiger partial charge on any atom is 0.255 e. The molecule has 3 aliphatic carbocycles. The SMILES string of the molecule is CN(C)[C@@H]1C(O)=C(C(N)=O)C(=O)[C@@]2(O)C(O)=C3C(=O)c4c(O)cccc4[C@@](C)(O)[C@H]3C[C@@H]12.NC(=O)c1ccccc1O. The standard InChI is InChI=1S/C22H24N2O8.C7H7NO2/c1-21(31)8-5-4-6-11(25)12(8)16(26)13-9(21)7-10-15(24(2)3)17(27)14(20(23)30)19(29)22(10,32)18(13)28;8-7(10)5-3-1-2-4-6(5)9/h4-6,9-10,15,25,27-28,31-32H,7H2,1-3H3,(H2,23,30);1-4,9H,(H2,8,10)/t9-,10-,15-,21+,22-;/m0./s1. The molecule has 13 nitrogen and oxygen atoms in total. The van der Waals surface area contributed by atoms with E-state index in [0.717, 1.165) is 0 Å². The minimum absolute atomic E-state index is 0.0741. The zero-order valence-electron chi connectivity index (χ0n) is 22.9. The number of aliphatic hydroxyl groups excluding tert-OH is 2. The lowest BCUT2D eigenvalue weighted by Gasteiger charge is -2.52. The minimum atomic E-state index is -2.75. The molecule has 13 heteroatoms. The fourth-order valence-corrected chi connectivity index (χ4v) is 6.19. The van der Waals surface area contributed by atoms with E-state index in [4.69, 9.17) is 16.6 Å². The molecule has 10 N–H and O–H groups in total. The molecule has 2 aromatic rings. The van der Waals surface area contributed by atoms with Gasteiger partial charge in [0.1, 0.15) is 28.6 Å². The fraction of sp³-hybridized carbons (Fsp3) is 0.310. The third-order valence-electron chi connectivity index (χ3n) is 8.19. The van der Waals surface area contributed by atoms with Gasteiger partial charge in [-0.3, -0.25) is 24.1 Å². The number of likely N-dealkylation sites (N-methyl/N-ethyl adjacent to an activating group) is 1. The van der Waals surface area contributed by atoms with Gasteiger partial charge in [-0.1, -0.05) is 24.3 Å². The predicted octanol–water partition coefficient (Wildman–Crippen LogP) is 0.277. The number of ketones is 2. The molecular weight excluding hydrogens is 550 g/mol. The van der Waals surface area contributed by atoms with Crippen molar-refractivity contribution < 1.29 is 49.8 Å². The summed E-state index contributed by atoms with van der Waals surface area (Å²) in [6.07, 6.45) is -0.200. The average Bonchev–Trinajstić information content (AvgIpc) is 2.89. The Morgan fingerprint density at radius 1 is 0.905 bits per heavy atom. The van der Waals surface area contributed by atoms with Crippen LogP contribution in [0.15, 0.2) is 65.1 Å². The summed E-state index contributed by atoms with van der Waals surface area (Å²) in [6.45, 7) is 1.40. The molecule has 2 amide bonds. The lowest BCUT2D eigenvalue weighted by molar-refractivity contribution is -0.151. The molecule has 0 unspecified atom stereocenters. The highest BCUT2D eigenvalue weighted by molar-refractivity contribution is 6.24. The number of Topliss-reactive ketones (excluding diaryl/α,β-unsaturated/α-hetero) is 2. The quantitative estimate of drug-likeness (QED) is 0.229. The van der Waals surface area contributed by atoms with Crippen molar-refractivity contribution in [1.29, 1.82) is 0 Å². The number of phenols is 2. The van der Waals surface area contributed by atoms with Gasteiger partial charge in [0.15, 0.2) is 11.4 Å². The van der Waals surface area contributed by atoms with Gasteiger partial charge in [-0.15, -0.1) is 0 Å². The number of hydrogen-bond donors (Lipinski definition) is 8. The van der Waals surface area contributed by atoms with E-state index in [1.54, 1.807) is 12.1 Å². The maximum absolute atomic E-state index is 13.3. The molecule has 222 valence electrons. The summed E-state index contributed by atoms with van der Waals surface area (Å²) in [7, 11) is 3.06. The molecule has 0 fully saturated rings. The van der Waals surface area contributed by atoms with Crippen LogP contribution in [0.1, 0.15) is 39.6 Å². The summed E-state index contributed by atoms with van der Waals surface area (Å²) >= 11 is 0. The smallest absolute Gasteiger partial charge is 0.255 e. The second-order valence-corrected chi connectivity index (χ2v) is 10.8. The summed E-state index contributed by atoms with van der Waals surface area (Å²) in [5.41, 5.74) is 4.42. The van der Waals surface area contributed by atoms with E-state index in [1.807, 2.05) is 0 Å². The second-order valence-electron chi connectivity index (χ2n) is 10.8. The van der Waals surface area contributed by atoms with Crippen molar-refractivity contribution >= 4 is 23.4 Å². The molecule has 0 radical (unpaired) electrons. The molecule has 2 aromatic carbocycles. The van der Waals surface area contributed by atoms with Crippen molar-refractivity contribution in [2.24, 2.45) is 23.3 Å². The number of aliphatic hydroxyl groups is 4. The first-order chi connectivity index (χ1) is 19.5. The molecule has 3 aliphatic rings. The average molecular weight is 582 g/mol. The molecule has 0 saturated carbocycles. The Morgan fingerprint density at radius 3 is 2.02 bits per heavy atom. The second kappa shape index (κ2) is 10.3. The van der Waals surface area contributed by atoms with Gasteiger partial charge >= 0.3 is 0 Å². The van der Waals surface area contributed by atoms with Crippen molar-refractivity contribution in [3.05, 3.63) is 81.8 Å². The Balaban J connectivity index is 0.000000343. The largest absolute Gasteiger partial charge is 0.510 e. The first-order valence-corrected chi connectivity index (χ1v) is 12.8. The Bertz CT molecular complexity index is 1590. The number of primary amides is 2. The van der Waals surface area contributed by atoms with Gasteiger partial charge in [0.2, 0.25) is 5.78 Å². The van der Waals surface area contributed by atoms with Gasteiger partial charge < -0.3 is 42.1 Å². The van der Waals surface area contributed by atoms with E-state index >= 15 is 0 Å². The number of fused-ring (bicyclic) bond motifs is 3. The summed E-state index contributed by atoms with van der Waals surface area (Å²) < 4.78 is 0. The first-order valence-electron chi connectivity index (χ1n) is 12.8.